The number of hydrogen-bond acceptors (Lipinski definition) is 4. The summed E-state index contributed by atoms with van der Waals surface area (Å²) in [6.07, 6.45) is -4.99. The minimum Gasteiger partial charge on any atom is -0.488 e. The normalized spacial score (nSPS) is 11.1. The minimum absolute atomic E-state index is 0.0791. The molecule has 0 atom stereocenters. The number of benzene rings is 3. The Morgan fingerprint density at radius 2 is 1.35 bits per heavy atom. The maximum Gasteiger partial charge on any atom is 0.417 e. The quantitative estimate of drug-likeness (QED) is 0.513. The van der Waals surface area contributed by atoms with Crippen molar-refractivity contribution in [3.63, 3.8) is 0 Å². The van der Waals surface area contributed by atoms with E-state index in [1.54, 1.807) is 60.7 Å². The molecule has 0 radical (unpaired) electrons. The number of ether oxygens (including phenoxy) is 2. The van der Waals surface area contributed by atoms with E-state index in [4.69, 9.17) is 9.47 Å². The van der Waals surface area contributed by atoms with Crippen molar-refractivity contribution in [3.05, 3.63) is 101 Å². The van der Waals surface area contributed by atoms with Crippen molar-refractivity contribution in [1.29, 1.82) is 0 Å². The highest BCUT2D eigenvalue weighted by molar-refractivity contribution is 5.97. The van der Waals surface area contributed by atoms with Crippen LogP contribution in [0, 0.1) is 0 Å². The molecule has 8 heteroatoms. The van der Waals surface area contributed by atoms with Gasteiger partial charge in [-0.2, -0.15) is 13.2 Å². The second-order valence-electron chi connectivity index (χ2n) is 6.53. The van der Waals surface area contributed by atoms with E-state index in [1.807, 2.05) is 0 Å². The van der Waals surface area contributed by atoms with Crippen molar-refractivity contribution in [2.24, 2.45) is 0 Å². The third kappa shape index (κ3) is 5.63. The Bertz CT molecular complexity index is 1060. The molecular formula is C23H17F3O5. The second-order valence-corrected chi connectivity index (χ2v) is 6.53. The van der Waals surface area contributed by atoms with Crippen molar-refractivity contribution in [2.45, 2.75) is 19.4 Å². The van der Waals surface area contributed by atoms with Gasteiger partial charge < -0.3 is 14.6 Å². The molecule has 0 amide bonds. The van der Waals surface area contributed by atoms with Gasteiger partial charge in [0.05, 0.1) is 11.1 Å². The van der Waals surface area contributed by atoms with Crippen LogP contribution in [0.2, 0.25) is 0 Å². The summed E-state index contributed by atoms with van der Waals surface area (Å²) < 4.78 is 51.0. The summed E-state index contributed by atoms with van der Waals surface area (Å²) in [6.45, 7) is -0.246. The van der Waals surface area contributed by atoms with Crippen molar-refractivity contribution >= 4 is 11.9 Å². The number of aromatic carboxylic acids is 1. The van der Waals surface area contributed by atoms with Crippen LogP contribution in [0.5, 0.6) is 5.75 Å². The molecule has 0 aliphatic rings. The molecule has 0 heterocycles. The zero-order chi connectivity index (χ0) is 22.4. The van der Waals surface area contributed by atoms with E-state index in [-0.39, 0.29) is 19.0 Å². The number of esters is 1. The van der Waals surface area contributed by atoms with Crippen LogP contribution in [0.15, 0.2) is 72.8 Å². The van der Waals surface area contributed by atoms with E-state index < -0.39 is 34.8 Å². The van der Waals surface area contributed by atoms with Crippen LogP contribution in [0.1, 0.15) is 37.4 Å². The Kier molecular flexibility index (Phi) is 6.59. The number of carbonyl (C=O) groups is 2. The zero-order valence-corrected chi connectivity index (χ0v) is 16.1. The molecule has 31 heavy (non-hydrogen) atoms. The summed E-state index contributed by atoms with van der Waals surface area (Å²) in [4.78, 5) is 24.0. The third-order valence-corrected chi connectivity index (χ3v) is 4.33. The molecule has 5 nitrogen and oxygen atoms in total. The van der Waals surface area contributed by atoms with E-state index in [2.05, 4.69) is 0 Å². The van der Waals surface area contributed by atoms with Gasteiger partial charge in [0.2, 0.25) is 0 Å². The van der Waals surface area contributed by atoms with Crippen LogP contribution in [0.3, 0.4) is 0 Å². The summed E-state index contributed by atoms with van der Waals surface area (Å²) >= 11 is 0. The lowest BCUT2D eigenvalue weighted by atomic mass is 10.0. The molecule has 0 saturated heterocycles. The molecular weight excluding hydrogens is 413 g/mol. The SMILES string of the molecule is O=C(OCc1ccccc1)c1cc(C(F)(F)F)c(C(=O)O)cc1OCc1ccccc1. The average Bonchev–Trinajstić information content (AvgIpc) is 2.76. The first-order valence-electron chi connectivity index (χ1n) is 9.12. The van der Waals surface area contributed by atoms with Gasteiger partial charge in [0.15, 0.2) is 0 Å². The predicted molar refractivity (Wildman–Crippen MR) is 105 cm³/mol. The summed E-state index contributed by atoms with van der Waals surface area (Å²) in [5.41, 5.74) is -1.67. The predicted octanol–water partition coefficient (Wildman–Crippen LogP) is 5.34. The number of carboxylic acids is 1. The Balaban J connectivity index is 1.96. The van der Waals surface area contributed by atoms with E-state index in [1.165, 1.54) is 0 Å². The third-order valence-electron chi connectivity index (χ3n) is 4.33. The van der Waals surface area contributed by atoms with Gasteiger partial charge in [0.25, 0.3) is 0 Å². The molecule has 3 rings (SSSR count). The van der Waals surface area contributed by atoms with Crippen molar-refractivity contribution in [3.8, 4) is 5.75 Å². The standard InChI is InChI=1S/C23H17F3O5/c24-23(25,26)19-11-18(22(29)31-14-16-9-5-2-6-10-16)20(12-17(19)21(27)28)30-13-15-7-3-1-4-8-15/h1-12H,13-14H2,(H,27,28). The van der Waals surface area contributed by atoms with E-state index in [9.17, 15) is 27.9 Å². The van der Waals surface area contributed by atoms with Gasteiger partial charge in [0, 0.05) is 0 Å². The molecule has 1 N–H and O–H groups in total. The summed E-state index contributed by atoms with van der Waals surface area (Å²) in [5, 5.41) is 9.25. The first-order valence-corrected chi connectivity index (χ1v) is 9.12. The molecule has 0 unspecified atom stereocenters. The first kappa shape index (κ1) is 21.9. The van der Waals surface area contributed by atoms with E-state index >= 15 is 0 Å². The van der Waals surface area contributed by atoms with Gasteiger partial charge >= 0.3 is 18.1 Å². The molecule has 0 aliphatic heterocycles. The molecule has 0 bridgehead atoms. The largest absolute Gasteiger partial charge is 0.488 e. The average molecular weight is 430 g/mol. The molecule has 160 valence electrons. The van der Waals surface area contributed by atoms with Gasteiger partial charge in [-0.25, -0.2) is 9.59 Å². The van der Waals surface area contributed by atoms with Gasteiger partial charge in [-0.3, -0.25) is 0 Å². The minimum atomic E-state index is -4.99. The lowest BCUT2D eigenvalue weighted by Crippen LogP contribution is -2.17. The zero-order valence-electron chi connectivity index (χ0n) is 16.1. The fourth-order valence-corrected chi connectivity index (χ4v) is 2.81. The number of rotatable bonds is 7. The summed E-state index contributed by atoms with van der Waals surface area (Å²) in [6, 6.07) is 18.4. The molecule has 3 aromatic rings. The Morgan fingerprint density at radius 1 is 0.806 bits per heavy atom. The fourth-order valence-electron chi connectivity index (χ4n) is 2.81. The highest BCUT2D eigenvalue weighted by Crippen LogP contribution is 2.36. The number of carboxylic acid groups (broad SMARTS) is 1. The molecule has 0 aliphatic carbocycles. The fraction of sp³-hybridized carbons (Fsp3) is 0.130. The summed E-state index contributed by atoms with van der Waals surface area (Å²) in [7, 11) is 0. The number of halogens is 3. The maximum absolute atomic E-state index is 13.4. The Labute approximate surface area is 175 Å². The van der Waals surface area contributed by atoms with Crippen molar-refractivity contribution in [1.82, 2.24) is 0 Å². The number of alkyl halides is 3. The van der Waals surface area contributed by atoms with Crippen LogP contribution in [0.25, 0.3) is 0 Å². The molecule has 3 aromatic carbocycles. The molecule has 0 aromatic heterocycles. The lowest BCUT2D eigenvalue weighted by Gasteiger charge is -2.16. The topological polar surface area (TPSA) is 72.8 Å². The van der Waals surface area contributed by atoms with Gasteiger partial charge in [-0.05, 0) is 23.3 Å². The van der Waals surface area contributed by atoms with Crippen LogP contribution < -0.4 is 4.74 Å². The van der Waals surface area contributed by atoms with E-state index in [0.29, 0.717) is 23.3 Å². The highest BCUT2D eigenvalue weighted by Gasteiger charge is 2.37. The molecule has 0 saturated carbocycles. The number of carbonyl (C=O) groups excluding carboxylic acids is 1. The smallest absolute Gasteiger partial charge is 0.417 e. The van der Waals surface area contributed by atoms with Crippen molar-refractivity contribution < 1.29 is 37.3 Å². The van der Waals surface area contributed by atoms with Crippen LogP contribution >= 0.6 is 0 Å². The maximum atomic E-state index is 13.4. The van der Waals surface area contributed by atoms with Crippen LogP contribution in [-0.4, -0.2) is 17.0 Å². The van der Waals surface area contributed by atoms with Crippen LogP contribution in [-0.2, 0) is 24.1 Å². The second kappa shape index (κ2) is 9.34. The van der Waals surface area contributed by atoms with Gasteiger partial charge in [0.1, 0.15) is 24.5 Å². The Morgan fingerprint density at radius 3 is 1.87 bits per heavy atom. The lowest BCUT2D eigenvalue weighted by molar-refractivity contribution is -0.138. The highest BCUT2D eigenvalue weighted by atomic mass is 19.4. The monoisotopic (exact) mass is 430 g/mol. The van der Waals surface area contributed by atoms with Gasteiger partial charge in [-0.1, -0.05) is 60.7 Å². The van der Waals surface area contributed by atoms with E-state index in [0.717, 1.165) is 0 Å². The van der Waals surface area contributed by atoms with Crippen molar-refractivity contribution in [2.75, 3.05) is 0 Å². The molecule has 0 spiro atoms. The Hall–Kier alpha value is -3.81. The van der Waals surface area contributed by atoms with Crippen LogP contribution in [0.4, 0.5) is 13.2 Å². The molecule has 0 fully saturated rings. The number of hydrogen-bond donors (Lipinski definition) is 1. The van der Waals surface area contributed by atoms with Gasteiger partial charge in [-0.15, -0.1) is 0 Å². The summed E-state index contributed by atoms with van der Waals surface area (Å²) in [5.74, 6) is -3.16. The first-order chi connectivity index (χ1) is 14.8.